The van der Waals surface area contributed by atoms with E-state index in [0.29, 0.717) is 0 Å². The monoisotopic (exact) mass is 333 g/mol. The summed E-state index contributed by atoms with van der Waals surface area (Å²) < 4.78 is 32.5. The van der Waals surface area contributed by atoms with Gasteiger partial charge in [0.2, 0.25) is 0 Å². The lowest BCUT2D eigenvalue weighted by Gasteiger charge is -2.19. The van der Waals surface area contributed by atoms with Gasteiger partial charge in [-0.25, -0.2) is 23.8 Å². The maximum atomic E-state index is 13.9. The van der Waals surface area contributed by atoms with Gasteiger partial charge in [0.15, 0.2) is 11.6 Å². The Labute approximate surface area is 128 Å². The topological polar surface area (TPSA) is 121 Å². The molecule has 0 aromatic heterocycles. The summed E-state index contributed by atoms with van der Waals surface area (Å²) >= 11 is 0. The summed E-state index contributed by atoms with van der Waals surface area (Å²) in [6.07, 6.45) is -2.72. The van der Waals surface area contributed by atoms with Crippen LogP contribution < -0.4 is 10.4 Å². The third-order valence-electron chi connectivity index (χ3n) is 2.38. The van der Waals surface area contributed by atoms with Crippen LogP contribution in [0.25, 0.3) is 0 Å². The van der Waals surface area contributed by atoms with E-state index >= 15 is 0 Å². The highest BCUT2D eigenvalue weighted by molar-refractivity contribution is 5.90. The molecule has 0 saturated heterocycles. The summed E-state index contributed by atoms with van der Waals surface area (Å²) in [5.41, 5.74) is 0.281. The number of amides is 2. The number of oxime groups is 1. The summed E-state index contributed by atoms with van der Waals surface area (Å²) in [5, 5.41) is 20.7. The van der Waals surface area contributed by atoms with Crippen LogP contribution in [0.5, 0.6) is 0 Å². The van der Waals surface area contributed by atoms with Crippen LogP contribution in [0.3, 0.4) is 0 Å². The summed E-state index contributed by atoms with van der Waals surface area (Å²) in [7, 11) is 1.44. The van der Waals surface area contributed by atoms with Crippen molar-refractivity contribution in [2.24, 2.45) is 5.16 Å². The lowest BCUT2D eigenvalue weighted by molar-refractivity contribution is 0.0759. The van der Waals surface area contributed by atoms with Crippen molar-refractivity contribution < 1.29 is 38.2 Å². The van der Waals surface area contributed by atoms with E-state index in [1.54, 1.807) is 0 Å². The van der Waals surface area contributed by atoms with Gasteiger partial charge in [-0.1, -0.05) is 5.16 Å². The number of halogens is 2. The van der Waals surface area contributed by atoms with Crippen molar-refractivity contribution >= 4 is 24.1 Å². The molecule has 0 atom stereocenters. The maximum absolute atomic E-state index is 13.9. The van der Waals surface area contributed by atoms with Crippen LogP contribution >= 0.6 is 0 Å². The highest BCUT2D eigenvalue weighted by Crippen LogP contribution is 2.22. The van der Waals surface area contributed by atoms with Gasteiger partial charge in [-0.15, -0.1) is 0 Å². The minimum absolute atomic E-state index is 0.0727. The van der Waals surface area contributed by atoms with E-state index in [4.69, 9.17) is 15.1 Å². The Bertz CT molecular complexity index is 611. The number of carbonyl (C=O) groups is 2. The molecule has 11 heteroatoms. The number of rotatable bonds is 6. The molecule has 0 bridgehead atoms. The molecule has 0 spiro atoms. The van der Waals surface area contributed by atoms with E-state index in [2.05, 4.69) is 9.89 Å². The van der Waals surface area contributed by atoms with E-state index < -0.39 is 29.5 Å². The largest absolute Gasteiger partial charge is 0.464 e. The number of hydrazine groups is 1. The Balaban J connectivity index is 3.00. The Morgan fingerprint density at radius 2 is 2.00 bits per heavy atom. The molecule has 0 heterocycles. The minimum Gasteiger partial charge on any atom is -0.464 e. The standard InChI is InChI=1S/C12H13F2N3O6/c1-22-4-5-23-15-6-7-2-3-8(10(14)9(7)13)17(12(20)21)16-11(18)19/h2-3,6,16H,4-5H2,1H3,(H,18,19)(H,20,21)/b15-6+. The van der Waals surface area contributed by atoms with Gasteiger partial charge in [0.1, 0.15) is 12.3 Å². The average Bonchev–Trinajstić information content (AvgIpc) is 2.49. The summed E-state index contributed by atoms with van der Waals surface area (Å²) in [6, 6.07) is 1.88. The third-order valence-corrected chi connectivity index (χ3v) is 2.38. The predicted molar refractivity (Wildman–Crippen MR) is 73.4 cm³/mol. The predicted octanol–water partition coefficient (Wildman–Crippen LogP) is 1.63. The lowest BCUT2D eigenvalue weighted by atomic mass is 10.2. The number of carboxylic acid groups (broad SMARTS) is 2. The summed E-state index contributed by atoms with van der Waals surface area (Å²) in [4.78, 5) is 26.1. The molecule has 0 radical (unpaired) electrons. The minimum atomic E-state index is -1.84. The van der Waals surface area contributed by atoms with Gasteiger partial charge in [-0.2, -0.15) is 5.01 Å². The van der Waals surface area contributed by atoms with Crippen LogP contribution in [-0.2, 0) is 9.57 Å². The second kappa shape index (κ2) is 8.48. The molecule has 0 aliphatic rings. The number of nitrogens with zero attached hydrogens (tertiary/aromatic N) is 2. The molecule has 1 aromatic carbocycles. The first-order valence-electron chi connectivity index (χ1n) is 6.03. The number of benzene rings is 1. The third kappa shape index (κ3) is 5.07. The van der Waals surface area contributed by atoms with Gasteiger partial charge < -0.3 is 19.8 Å². The molecule has 2 amide bonds. The van der Waals surface area contributed by atoms with Crippen LogP contribution in [0.15, 0.2) is 17.3 Å². The number of anilines is 1. The van der Waals surface area contributed by atoms with Crippen molar-refractivity contribution in [1.82, 2.24) is 5.43 Å². The SMILES string of the molecule is COCCO/N=C/c1ccc(N(NC(=O)O)C(=O)O)c(F)c1F. The Hall–Kier alpha value is -2.95. The van der Waals surface area contributed by atoms with Crippen molar-refractivity contribution in [1.29, 1.82) is 0 Å². The molecular formula is C12H13F2N3O6. The van der Waals surface area contributed by atoms with Gasteiger partial charge >= 0.3 is 12.2 Å². The van der Waals surface area contributed by atoms with Crippen LogP contribution in [0.2, 0.25) is 0 Å². The van der Waals surface area contributed by atoms with Gasteiger partial charge in [-0.3, -0.25) is 0 Å². The van der Waals surface area contributed by atoms with Gasteiger partial charge in [0.25, 0.3) is 0 Å². The molecule has 9 nitrogen and oxygen atoms in total. The first kappa shape index (κ1) is 18.1. The molecule has 23 heavy (non-hydrogen) atoms. The fourth-order valence-corrected chi connectivity index (χ4v) is 1.40. The first-order chi connectivity index (χ1) is 10.9. The molecule has 126 valence electrons. The van der Waals surface area contributed by atoms with Crippen molar-refractivity contribution in [3.8, 4) is 0 Å². The summed E-state index contributed by atoms with van der Waals surface area (Å²) in [5.74, 6) is -2.98. The normalized spacial score (nSPS) is 10.6. The Morgan fingerprint density at radius 1 is 1.30 bits per heavy atom. The maximum Gasteiger partial charge on any atom is 0.431 e. The molecule has 0 saturated carbocycles. The van der Waals surface area contributed by atoms with Crippen LogP contribution in [0.1, 0.15) is 5.56 Å². The smallest absolute Gasteiger partial charge is 0.431 e. The quantitative estimate of drug-likeness (QED) is 0.413. The van der Waals surface area contributed by atoms with Crippen molar-refractivity contribution in [3.63, 3.8) is 0 Å². The summed E-state index contributed by atoms with van der Waals surface area (Å²) in [6.45, 7) is 0.353. The fraction of sp³-hybridized carbons (Fsp3) is 0.250. The van der Waals surface area contributed by atoms with Crippen molar-refractivity contribution in [3.05, 3.63) is 29.3 Å². The van der Waals surface area contributed by atoms with Crippen LogP contribution in [-0.4, -0.2) is 48.9 Å². The zero-order chi connectivity index (χ0) is 17.4. The molecular weight excluding hydrogens is 320 g/mol. The Kier molecular flexibility index (Phi) is 6.68. The van der Waals surface area contributed by atoms with Gasteiger partial charge in [0, 0.05) is 12.7 Å². The van der Waals surface area contributed by atoms with Crippen molar-refractivity contribution in [2.75, 3.05) is 25.3 Å². The molecule has 3 N–H and O–H groups in total. The van der Waals surface area contributed by atoms with E-state index in [1.807, 2.05) is 0 Å². The fourth-order valence-electron chi connectivity index (χ4n) is 1.40. The highest BCUT2D eigenvalue weighted by atomic mass is 19.2. The average molecular weight is 333 g/mol. The van der Waals surface area contributed by atoms with Gasteiger partial charge in [0.05, 0.1) is 12.8 Å². The Morgan fingerprint density at radius 3 is 2.57 bits per heavy atom. The number of hydrogen-bond donors (Lipinski definition) is 3. The lowest BCUT2D eigenvalue weighted by Crippen LogP contribution is -2.45. The molecule has 0 fully saturated rings. The number of hydrogen-bond acceptors (Lipinski definition) is 5. The van der Waals surface area contributed by atoms with E-state index in [1.165, 1.54) is 12.5 Å². The molecule has 0 aliphatic carbocycles. The van der Waals surface area contributed by atoms with Crippen LogP contribution in [0, 0.1) is 11.6 Å². The van der Waals surface area contributed by atoms with E-state index in [-0.39, 0.29) is 23.8 Å². The molecule has 1 rings (SSSR count). The molecule has 1 aromatic rings. The van der Waals surface area contributed by atoms with E-state index in [0.717, 1.165) is 18.3 Å². The van der Waals surface area contributed by atoms with Crippen LogP contribution in [0.4, 0.5) is 24.1 Å². The van der Waals surface area contributed by atoms with Crippen molar-refractivity contribution in [2.45, 2.75) is 0 Å². The zero-order valence-corrected chi connectivity index (χ0v) is 11.8. The number of nitrogens with one attached hydrogen (secondary N) is 1. The number of methoxy groups -OCH3 is 1. The molecule has 0 aliphatic heterocycles. The molecule has 0 unspecified atom stereocenters. The van der Waals surface area contributed by atoms with E-state index in [9.17, 15) is 18.4 Å². The second-order valence-corrected chi connectivity index (χ2v) is 3.90. The number of ether oxygens (including phenoxy) is 1. The second-order valence-electron chi connectivity index (χ2n) is 3.90. The highest BCUT2D eigenvalue weighted by Gasteiger charge is 2.24. The first-order valence-corrected chi connectivity index (χ1v) is 6.03. The van der Waals surface area contributed by atoms with Gasteiger partial charge in [-0.05, 0) is 12.1 Å². The zero-order valence-electron chi connectivity index (χ0n) is 11.8.